The van der Waals surface area contributed by atoms with Crippen LogP contribution in [0.2, 0.25) is 0 Å². The maximum atomic E-state index is 13.2. The zero-order valence-electron chi connectivity index (χ0n) is 13.2. The van der Waals surface area contributed by atoms with Gasteiger partial charge in [0.1, 0.15) is 12.4 Å². The molecule has 0 N–H and O–H groups in total. The number of nitrogens with zero attached hydrogens (tertiary/aromatic N) is 4. The molecular weight excluding hydrogens is 295 g/mol. The third kappa shape index (κ3) is 3.53. The van der Waals surface area contributed by atoms with Crippen molar-refractivity contribution in [2.75, 3.05) is 0 Å². The highest BCUT2D eigenvalue weighted by atomic mass is 19.1. The van der Waals surface area contributed by atoms with Gasteiger partial charge in [0, 0.05) is 17.5 Å². The molecule has 2 heterocycles. The molecule has 0 saturated carbocycles. The van der Waals surface area contributed by atoms with Crippen molar-refractivity contribution in [3.8, 4) is 11.8 Å². The lowest BCUT2D eigenvalue weighted by Gasteiger charge is -2.09. The summed E-state index contributed by atoms with van der Waals surface area (Å²) in [4.78, 5) is 8.79. The highest BCUT2D eigenvalue weighted by molar-refractivity contribution is 5.25. The van der Waals surface area contributed by atoms with Gasteiger partial charge in [0.2, 0.25) is 5.88 Å². The molecule has 0 unspecified atom stereocenters. The number of aryl methyl sites for hydroxylation is 3. The zero-order valence-corrected chi connectivity index (χ0v) is 13.2. The molecule has 118 valence electrons. The summed E-state index contributed by atoms with van der Waals surface area (Å²) in [5.74, 6) is 0.613. The summed E-state index contributed by atoms with van der Waals surface area (Å²) in [5.41, 5.74) is 3.37. The van der Waals surface area contributed by atoms with Gasteiger partial charge in [-0.1, -0.05) is 12.1 Å². The Morgan fingerprint density at radius 1 is 1.04 bits per heavy atom. The quantitative estimate of drug-likeness (QED) is 0.741. The van der Waals surface area contributed by atoms with Crippen LogP contribution < -0.4 is 4.74 Å². The molecular formula is C17H17FN4O. The standard InChI is InChI=1S/C17H17FN4O/c1-11-8-16(23-10-14-5-4-6-15(18)9-14)20-17(19-11)22-13(3)7-12(2)21-22/h4-9H,10H2,1-3H3. The van der Waals surface area contributed by atoms with Gasteiger partial charge in [-0.2, -0.15) is 10.1 Å². The first-order valence-electron chi connectivity index (χ1n) is 7.28. The maximum absolute atomic E-state index is 13.2. The molecule has 2 aromatic heterocycles. The normalized spacial score (nSPS) is 10.8. The molecule has 6 heteroatoms. The summed E-state index contributed by atoms with van der Waals surface area (Å²) in [6.45, 7) is 5.97. The van der Waals surface area contributed by atoms with Crippen LogP contribution in [0.3, 0.4) is 0 Å². The third-order valence-corrected chi connectivity index (χ3v) is 3.29. The summed E-state index contributed by atoms with van der Waals surface area (Å²) in [6, 6.07) is 10.0. The lowest BCUT2D eigenvalue weighted by Crippen LogP contribution is -2.08. The molecule has 0 amide bonds. The molecule has 0 radical (unpaired) electrons. The minimum Gasteiger partial charge on any atom is -0.473 e. The van der Waals surface area contributed by atoms with E-state index in [1.165, 1.54) is 12.1 Å². The predicted molar refractivity (Wildman–Crippen MR) is 84.1 cm³/mol. The minimum atomic E-state index is -0.284. The number of ether oxygens (including phenoxy) is 1. The van der Waals surface area contributed by atoms with Crippen LogP contribution in [-0.2, 0) is 6.61 Å². The van der Waals surface area contributed by atoms with Crippen molar-refractivity contribution in [1.29, 1.82) is 0 Å². The monoisotopic (exact) mass is 312 g/mol. The molecule has 0 saturated heterocycles. The van der Waals surface area contributed by atoms with E-state index in [0.29, 0.717) is 11.8 Å². The van der Waals surface area contributed by atoms with Gasteiger partial charge >= 0.3 is 0 Å². The fourth-order valence-electron chi connectivity index (χ4n) is 2.31. The smallest absolute Gasteiger partial charge is 0.254 e. The van der Waals surface area contributed by atoms with Crippen LogP contribution in [-0.4, -0.2) is 19.7 Å². The summed E-state index contributed by atoms with van der Waals surface area (Å²) in [6.07, 6.45) is 0. The van der Waals surface area contributed by atoms with Crippen LogP contribution in [0.1, 0.15) is 22.6 Å². The van der Waals surface area contributed by atoms with Gasteiger partial charge in [-0.15, -0.1) is 0 Å². The zero-order chi connectivity index (χ0) is 16.4. The van der Waals surface area contributed by atoms with Crippen molar-refractivity contribution < 1.29 is 9.13 Å². The summed E-state index contributed by atoms with van der Waals surface area (Å²) in [7, 11) is 0. The van der Waals surface area contributed by atoms with E-state index < -0.39 is 0 Å². The molecule has 0 aliphatic rings. The van der Waals surface area contributed by atoms with Gasteiger partial charge in [0.25, 0.3) is 5.95 Å². The van der Waals surface area contributed by atoms with Crippen molar-refractivity contribution in [2.24, 2.45) is 0 Å². The Morgan fingerprint density at radius 2 is 1.87 bits per heavy atom. The minimum absolute atomic E-state index is 0.241. The van der Waals surface area contributed by atoms with Crippen molar-refractivity contribution >= 4 is 0 Å². The van der Waals surface area contributed by atoms with Gasteiger partial charge in [-0.05, 0) is 44.5 Å². The molecule has 0 atom stereocenters. The van der Waals surface area contributed by atoms with Crippen molar-refractivity contribution in [1.82, 2.24) is 19.7 Å². The van der Waals surface area contributed by atoms with E-state index >= 15 is 0 Å². The maximum Gasteiger partial charge on any atom is 0.254 e. The largest absolute Gasteiger partial charge is 0.473 e. The second kappa shape index (κ2) is 6.16. The van der Waals surface area contributed by atoms with Crippen molar-refractivity contribution in [2.45, 2.75) is 27.4 Å². The Bertz CT molecular complexity index is 844. The Kier molecular flexibility index (Phi) is 4.06. The Labute approximate surface area is 133 Å². The van der Waals surface area contributed by atoms with E-state index in [0.717, 1.165) is 22.6 Å². The van der Waals surface area contributed by atoms with E-state index in [4.69, 9.17) is 4.74 Å². The van der Waals surface area contributed by atoms with Crippen molar-refractivity contribution in [3.63, 3.8) is 0 Å². The van der Waals surface area contributed by atoms with Crippen LogP contribution in [0.4, 0.5) is 4.39 Å². The fraction of sp³-hybridized carbons (Fsp3) is 0.235. The lowest BCUT2D eigenvalue weighted by atomic mass is 10.2. The van der Waals surface area contributed by atoms with E-state index in [-0.39, 0.29) is 12.4 Å². The summed E-state index contributed by atoms with van der Waals surface area (Å²) >= 11 is 0. The van der Waals surface area contributed by atoms with Gasteiger partial charge < -0.3 is 4.74 Å². The highest BCUT2D eigenvalue weighted by Crippen LogP contribution is 2.15. The number of halogens is 1. The van der Waals surface area contributed by atoms with Crippen LogP contribution in [0.25, 0.3) is 5.95 Å². The van der Waals surface area contributed by atoms with Gasteiger partial charge in [0.15, 0.2) is 0 Å². The fourth-order valence-corrected chi connectivity index (χ4v) is 2.31. The van der Waals surface area contributed by atoms with E-state index in [9.17, 15) is 4.39 Å². The van der Waals surface area contributed by atoms with E-state index in [2.05, 4.69) is 15.1 Å². The molecule has 0 aliphatic carbocycles. The number of benzene rings is 1. The molecule has 0 aliphatic heterocycles. The first kappa shape index (κ1) is 15.1. The molecule has 0 fully saturated rings. The molecule has 1 aromatic carbocycles. The number of hydrogen-bond donors (Lipinski definition) is 0. The first-order valence-corrected chi connectivity index (χ1v) is 7.28. The first-order chi connectivity index (χ1) is 11.0. The van der Waals surface area contributed by atoms with Crippen LogP contribution in [0.5, 0.6) is 5.88 Å². The van der Waals surface area contributed by atoms with E-state index in [1.807, 2.05) is 26.8 Å². The Morgan fingerprint density at radius 3 is 2.57 bits per heavy atom. The Balaban J connectivity index is 1.84. The van der Waals surface area contributed by atoms with Crippen LogP contribution >= 0.6 is 0 Å². The SMILES string of the molecule is Cc1cc(OCc2cccc(F)c2)nc(-n2nc(C)cc2C)n1. The molecule has 0 spiro atoms. The van der Waals surface area contributed by atoms with Crippen LogP contribution in [0.15, 0.2) is 36.4 Å². The summed E-state index contributed by atoms with van der Waals surface area (Å²) < 4.78 is 20.6. The van der Waals surface area contributed by atoms with Gasteiger partial charge in [-0.3, -0.25) is 0 Å². The van der Waals surface area contributed by atoms with Gasteiger partial charge in [-0.25, -0.2) is 14.1 Å². The van der Waals surface area contributed by atoms with E-state index in [1.54, 1.807) is 22.9 Å². The third-order valence-electron chi connectivity index (χ3n) is 3.29. The lowest BCUT2D eigenvalue weighted by molar-refractivity contribution is 0.292. The second-order valence-corrected chi connectivity index (χ2v) is 5.41. The molecule has 3 aromatic rings. The number of hydrogen-bond acceptors (Lipinski definition) is 4. The van der Waals surface area contributed by atoms with Crippen LogP contribution in [0, 0.1) is 26.6 Å². The average molecular weight is 312 g/mol. The topological polar surface area (TPSA) is 52.8 Å². The number of rotatable bonds is 4. The molecule has 0 bridgehead atoms. The van der Waals surface area contributed by atoms with Crippen molar-refractivity contribution in [3.05, 3.63) is 64.9 Å². The Hall–Kier alpha value is -2.76. The molecule has 23 heavy (non-hydrogen) atoms. The average Bonchev–Trinajstić information content (AvgIpc) is 2.83. The predicted octanol–water partition coefficient (Wildman–Crippen LogP) is 3.31. The highest BCUT2D eigenvalue weighted by Gasteiger charge is 2.10. The summed E-state index contributed by atoms with van der Waals surface area (Å²) in [5, 5.41) is 4.38. The van der Waals surface area contributed by atoms with Gasteiger partial charge in [0.05, 0.1) is 5.69 Å². The number of aromatic nitrogens is 4. The second-order valence-electron chi connectivity index (χ2n) is 5.41. The molecule has 5 nitrogen and oxygen atoms in total. The molecule has 3 rings (SSSR count).